The van der Waals surface area contributed by atoms with E-state index in [1.165, 1.54) is 19.2 Å². The summed E-state index contributed by atoms with van der Waals surface area (Å²) in [6, 6.07) is 12.6. The molecule has 0 radical (unpaired) electrons. The molecule has 136 valence electrons. The molecular formula is C19H20FN3O3. The molecule has 0 aliphatic carbocycles. The molecule has 1 heterocycles. The number of benzene rings is 2. The van der Waals surface area contributed by atoms with Gasteiger partial charge in [-0.05, 0) is 36.4 Å². The van der Waals surface area contributed by atoms with Crippen LogP contribution in [0.1, 0.15) is 6.42 Å². The van der Waals surface area contributed by atoms with E-state index >= 15 is 0 Å². The Balaban J connectivity index is 1.53. The molecule has 2 aromatic rings. The third-order valence-corrected chi connectivity index (χ3v) is 4.25. The lowest BCUT2D eigenvalue weighted by atomic mass is 10.1. The summed E-state index contributed by atoms with van der Waals surface area (Å²) in [5.41, 5.74) is 1.24. The van der Waals surface area contributed by atoms with Gasteiger partial charge in [-0.3, -0.25) is 4.79 Å². The molecule has 2 N–H and O–H groups in total. The molecule has 1 atom stereocenters. The summed E-state index contributed by atoms with van der Waals surface area (Å²) in [5.74, 6) is 0.192. The number of carbonyl (C=O) groups excluding carboxylic acids is 2. The first-order valence-corrected chi connectivity index (χ1v) is 8.30. The van der Waals surface area contributed by atoms with Crippen LogP contribution in [0.25, 0.3) is 0 Å². The molecule has 2 aromatic carbocycles. The van der Waals surface area contributed by atoms with Gasteiger partial charge in [0.2, 0.25) is 5.91 Å². The van der Waals surface area contributed by atoms with E-state index in [2.05, 4.69) is 10.6 Å². The van der Waals surface area contributed by atoms with Crippen molar-refractivity contribution in [3.05, 3.63) is 54.3 Å². The number of rotatable bonds is 5. The van der Waals surface area contributed by atoms with Crippen molar-refractivity contribution >= 4 is 23.3 Å². The van der Waals surface area contributed by atoms with Crippen LogP contribution in [0, 0.1) is 11.7 Å². The molecule has 26 heavy (non-hydrogen) atoms. The number of amides is 3. The van der Waals surface area contributed by atoms with Crippen molar-refractivity contribution in [1.29, 1.82) is 0 Å². The zero-order valence-corrected chi connectivity index (χ0v) is 14.4. The zero-order valence-electron chi connectivity index (χ0n) is 14.4. The van der Waals surface area contributed by atoms with Crippen LogP contribution in [0.4, 0.5) is 20.6 Å². The predicted molar refractivity (Wildman–Crippen MR) is 96.9 cm³/mol. The van der Waals surface area contributed by atoms with E-state index in [4.69, 9.17) is 4.74 Å². The van der Waals surface area contributed by atoms with Gasteiger partial charge >= 0.3 is 6.03 Å². The highest BCUT2D eigenvalue weighted by Gasteiger charge is 2.30. The van der Waals surface area contributed by atoms with Gasteiger partial charge < -0.3 is 20.3 Å². The van der Waals surface area contributed by atoms with Gasteiger partial charge in [-0.15, -0.1) is 0 Å². The Hall–Kier alpha value is -3.09. The van der Waals surface area contributed by atoms with Crippen molar-refractivity contribution in [3.8, 4) is 5.75 Å². The minimum Gasteiger partial charge on any atom is -0.495 e. The lowest BCUT2D eigenvalue weighted by molar-refractivity contribution is -0.117. The van der Waals surface area contributed by atoms with Crippen LogP contribution in [0.3, 0.4) is 0 Å². The first-order valence-electron chi connectivity index (χ1n) is 8.30. The SMILES string of the molecule is COc1ccccc1NC(=O)NC[C@@H]1CC(=O)N(c2ccc(F)cc2)C1. The second-order valence-electron chi connectivity index (χ2n) is 6.09. The number of urea groups is 1. The second-order valence-corrected chi connectivity index (χ2v) is 6.09. The number of hydrogen-bond acceptors (Lipinski definition) is 3. The van der Waals surface area contributed by atoms with Crippen LogP contribution in [-0.4, -0.2) is 32.1 Å². The summed E-state index contributed by atoms with van der Waals surface area (Å²) in [6.07, 6.45) is 0.340. The molecule has 1 aliphatic rings. The van der Waals surface area contributed by atoms with Gasteiger partial charge in [0.25, 0.3) is 0 Å². The Morgan fingerprint density at radius 3 is 2.69 bits per heavy atom. The van der Waals surface area contributed by atoms with Crippen LogP contribution >= 0.6 is 0 Å². The number of ether oxygens (including phenoxy) is 1. The van der Waals surface area contributed by atoms with E-state index < -0.39 is 0 Å². The van der Waals surface area contributed by atoms with Crippen molar-refractivity contribution in [1.82, 2.24) is 5.32 Å². The summed E-state index contributed by atoms with van der Waals surface area (Å²) < 4.78 is 18.2. The third-order valence-electron chi connectivity index (χ3n) is 4.25. The van der Waals surface area contributed by atoms with Gasteiger partial charge in [0, 0.05) is 31.1 Å². The van der Waals surface area contributed by atoms with E-state index in [-0.39, 0.29) is 23.7 Å². The Labute approximate surface area is 150 Å². The smallest absolute Gasteiger partial charge is 0.319 e. The van der Waals surface area contributed by atoms with E-state index in [9.17, 15) is 14.0 Å². The van der Waals surface area contributed by atoms with Crippen molar-refractivity contribution in [2.75, 3.05) is 30.4 Å². The van der Waals surface area contributed by atoms with Crippen LogP contribution in [0.15, 0.2) is 48.5 Å². The molecule has 0 saturated carbocycles. The number of nitrogens with one attached hydrogen (secondary N) is 2. The predicted octanol–water partition coefficient (Wildman–Crippen LogP) is 3.01. The Bertz CT molecular complexity index is 795. The summed E-state index contributed by atoms with van der Waals surface area (Å²) in [6.45, 7) is 0.851. The van der Waals surface area contributed by atoms with Gasteiger partial charge in [-0.25, -0.2) is 9.18 Å². The fourth-order valence-corrected chi connectivity index (χ4v) is 2.94. The fourth-order valence-electron chi connectivity index (χ4n) is 2.94. The largest absolute Gasteiger partial charge is 0.495 e. The number of methoxy groups -OCH3 is 1. The molecule has 1 aliphatic heterocycles. The standard InChI is InChI=1S/C19H20FN3O3/c1-26-17-5-3-2-4-16(17)22-19(25)21-11-13-10-18(24)23(12-13)15-8-6-14(20)7-9-15/h2-9,13H,10-12H2,1H3,(H2,21,22,25)/t13-/m0/s1. The molecule has 1 saturated heterocycles. The van der Waals surface area contributed by atoms with Crippen LogP contribution in [0.2, 0.25) is 0 Å². The van der Waals surface area contributed by atoms with Gasteiger partial charge in [0.05, 0.1) is 12.8 Å². The molecule has 0 spiro atoms. The maximum atomic E-state index is 13.0. The minimum atomic E-state index is -0.359. The Morgan fingerprint density at radius 1 is 1.23 bits per heavy atom. The number of para-hydroxylation sites is 2. The molecule has 0 bridgehead atoms. The van der Waals surface area contributed by atoms with E-state index in [1.807, 2.05) is 6.07 Å². The molecular weight excluding hydrogens is 337 g/mol. The summed E-state index contributed by atoms with van der Waals surface area (Å²) in [5, 5.41) is 5.51. The minimum absolute atomic E-state index is 0.00373. The first kappa shape index (κ1) is 17.7. The quantitative estimate of drug-likeness (QED) is 0.864. The molecule has 3 rings (SSSR count). The highest BCUT2D eigenvalue weighted by atomic mass is 19.1. The van der Waals surface area contributed by atoms with Crippen molar-refractivity contribution in [2.24, 2.45) is 5.92 Å². The Morgan fingerprint density at radius 2 is 1.96 bits per heavy atom. The maximum Gasteiger partial charge on any atom is 0.319 e. The van der Waals surface area contributed by atoms with Gasteiger partial charge in [-0.2, -0.15) is 0 Å². The number of carbonyl (C=O) groups is 2. The summed E-state index contributed by atoms with van der Waals surface area (Å²) in [7, 11) is 1.53. The van der Waals surface area contributed by atoms with E-state index in [0.717, 1.165) is 0 Å². The highest BCUT2D eigenvalue weighted by molar-refractivity contribution is 5.96. The molecule has 0 aromatic heterocycles. The average molecular weight is 357 g/mol. The molecule has 6 nitrogen and oxygen atoms in total. The van der Waals surface area contributed by atoms with Gasteiger partial charge in [0.15, 0.2) is 0 Å². The summed E-state index contributed by atoms with van der Waals surface area (Å²) >= 11 is 0. The van der Waals surface area contributed by atoms with Gasteiger partial charge in [0.1, 0.15) is 11.6 Å². The first-order chi connectivity index (χ1) is 12.6. The molecule has 7 heteroatoms. The number of anilines is 2. The van der Waals surface area contributed by atoms with Crippen LogP contribution < -0.4 is 20.3 Å². The molecule has 3 amide bonds. The lowest BCUT2D eigenvalue weighted by Crippen LogP contribution is -2.34. The summed E-state index contributed by atoms with van der Waals surface area (Å²) in [4.78, 5) is 25.9. The average Bonchev–Trinajstić information content (AvgIpc) is 3.02. The fraction of sp³-hybridized carbons (Fsp3) is 0.263. The van der Waals surface area contributed by atoms with Crippen molar-refractivity contribution in [2.45, 2.75) is 6.42 Å². The zero-order chi connectivity index (χ0) is 18.5. The number of hydrogen-bond donors (Lipinski definition) is 2. The van der Waals surface area contributed by atoms with Crippen molar-refractivity contribution in [3.63, 3.8) is 0 Å². The number of nitrogens with zero attached hydrogens (tertiary/aromatic N) is 1. The topological polar surface area (TPSA) is 70.7 Å². The number of halogens is 1. The second kappa shape index (κ2) is 7.86. The molecule has 1 fully saturated rings. The van der Waals surface area contributed by atoms with Gasteiger partial charge in [-0.1, -0.05) is 12.1 Å². The monoisotopic (exact) mass is 357 g/mol. The third kappa shape index (κ3) is 4.11. The van der Waals surface area contributed by atoms with Crippen LogP contribution in [-0.2, 0) is 4.79 Å². The van der Waals surface area contributed by atoms with Crippen LogP contribution in [0.5, 0.6) is 5.75 Å². The van der Waals surface area contributed by atoms with Crippen molar-refractivity contribution < 1.29 is 18.7 Å². The molecule has 0 unspecified atom stereocenters. The van der Waals surface area contributed by atoms with E-state index in [0.29, 0.717) is 36.6 Å². The van der Waals surface area contributed by atoms with E-state index in [1.54, 1.807) is 35.2 Å². The lowest BCUT2D eigenvalue weighted by Gasteiger charge is -2.17. The highest BCUT2D eigenvalue weighted by Crippen LogP contribution is 2.25. The normalized spacial score (nSPS) is 16.5. The maximum absolute atomic E-state index is 13.0. The Kier molecular flexibility index (Phi) is 5.36.